The minimum absolute atomic E-state index is 0.0338. The lowest BCUT2D eigenvalue weighted by atomic mass is 9.84. The summed E-state index contributed by atoms with van der Waals surface area (Å²) in [6.45, 7) is 4.80. The minimum Gasteiger partial charge on any atom is -0.378 e. The fourth-order valence-electron chi connectivity index (χ4n) is 4.67. The van der Waals surface area contributed by atoms with E-state index in [2.05, 4.69) is 22.8 Å². The number of hydroxylamine groups is 1. The van der Waals surface area contributed by atoms with Gasteiger partial charge in [-0.05, 0) is 43.1 Å². The standard InChI is InChI=1S/C26H41N3O3S/c1-19(2)16-22(18-24(30)29-32)25(31)28-23(17-21-12-7-4-8-13-21)26(33)27-15-9-14-20-10-5-3-6-11-20/h3,5-6,10-11,19,21-23,32H,4,7-9,12-18H2,1-2H3,(H,27,33)(H,28,31)(H,29,30)/t22-,23+/m1/s1. The van der Waals surface area contributed by atoms with Gasteiger partial charge in [0.2, 0.25) is 11.8 Å². The van der Waals surface area contributed by atoms with Crippen LogP contribution in [0, 0.1) is 17.8 Å². The van der Waals surface area contributed by atoms with Crippen LogP contribution < -0.4 is 16.1 Å². The Bertz CT molecular complexity index is 736. The quantitative estimate of drug-likeness (QED) is 0.145. The van der Waals surface area contributed by atoms with E-state index < -0.39 is 11.8 Å². The maximum absolute atomic E-state index is 13.1. The topological polar surface area (TPSA) is 90.5 Å². The number of hydrogen-bond donors (Lipinski definition) is 4. The van der Waals surface area contributed by atoms with Crippen molar-refractivity contribution in [1.29, 1.82) is 0 Å². The lowest BCUT2D eigenvalue weighted by molar-refractivity contribution is -0.135. The maximum Gasteiger partial charge on any atom is 0.244 e. The number of rotatable bonds is 13. The summed E-state index contributed by atoms with van der Waals surface area (Å²) in [5.41, 5.74) is 2.96. The van der Waals surface area contributed by atoms with E-state index in [0.717, 1.165) is 25.8 Å². The van der Waals surface area contributed by atoms with Crippen molar-refractivity contribution in [1.82, 2.24) is 16.1 Å². The van der Waals surface area contributed by atoms with Gasteiger partial charge in [0.15, 0.2) is 0 Å². The van der Waals surface area contributed by atoms with E-state index in [9.17, 15) is 9.59 Å². The van der Waals surface area contributed by atoms with Crippen molar-refractivity contribution in [2.75, 3.05) is 6.54 Å². The largest absolute Gasteiger partial charge is 0.378 e. The predicted molar refractivity (Wildman–Crippen MR) is 136 cm³/mol. The van der Waals surface area contributed by atoms with Gasteiger partial charge in [-0.25, -0.2) is 5.48 Å². The summed E-state index contributed by atoms with van der Waals surface area (Å²) in [5.74, 6) is -0.390. The number of benzene rings is 1. The maximum atomic E-state index is 13.1. The molecule has 2 amide bonds. The first-order valence-electron chi connectivity index (χ1n) is 12.4. The lowest BCUT2D eigenvalue weighted by Gasteiger charge is -2.29. The molecule has 0 aromatic heterocycles. The highest BCUT2D eigenvalue weighted by Gasteiger charge is 2.28. The summed E-state index contributed by atoms with van der Waals surface area (Å²) in [4.78, 5) is 25.6. The molecule has 2 atom stereocenters. The first-order valence-corrected chi connectivity index (χ1v) is 12.8. The molecule has 0 bridgehead atoms. The van der Waals surface area contributed by atoms with Gasteiger partial charge in [0.05, 0.1) is 11.0 Å². The molecule has 0 spiro atoms. The van der Waals surface area contributed by atoms with E-state index in [1.165, 1.54) is 37.7 Å². The first kappa shape index (κ1) is 27.3. The highest BCUT2D eigenvalue weighted by molar-refractivity contribution is 7.80. The van der Waals surface area contributed by atoms with Gasteiger partial charge in [-0.15, -0.1) is 0 Å². The molecule has 1 fully saturated rings. The van der Waals surface area contributed by atoms with Crippen molar-refractivity contribution >= 4 is 29.0 Å². The van der Waals surface area contributed by atoms with E-state index in [0.29, 0.717) is 17.3 Å². The van der Waals surface area contributed by atoms with Crippen LogP contribution in [0.3, 0.4) is 0 Å². The van der Waals surface area contributed by atoms with Crippen LogP contribution in [0.25, 0.3) is 0 Å². The van der Waals surface area contributed by atoms with Crippen molar-refractivity contribution < 1.29 is 14.8 Å². The van der Waals surface area contributed by atoms with E-state index in [-0.39, 0.29) is 24.3 Å². The van der Waals surface area contributed by atoms with Crippen LogP contribution in [-0.4, -0.2) is 34.6 Å². The second-order valence-electron chi connectivity index (χ2n) is 9.75. The zero-order valence-electron chi connectivity index (χ0n) is 20.1. The molecule has 7 heteroatoms. The Kier molecular flexibility index (Phi) is 12.4. The Balaban J connectivity index is 1.97. The monoisotopic (exact) mass is 475 g/mol. The average molecular weight is 476 g/mol. The molecule has 33 heavy (non-hydrogen) atoms. The Morgan fingerprint density at radius 1 is 1.12 bits per heavy atom. The molecule has 1 aromatic carbocycles. The molecule has 184 valence electrons. The van der Waals surface area contributed by atoms with E-state index in [1.54, 1.807) is 5.48 Å². The Hall–Kier alpha value is -1.99. The Labute approximate surface area is 204 Å². The van der Waals surface area contributed by atoms with E-state index in [4.69, 9.17) is 17.4 Å². The summed E-state index contributed by atoms with van der Waals surface area (Å²) >= 11 is 5.73. The second kappa shape index (κ2) is 15.0. The van der Waals surface area contributed by atoms with Gasteiger partial charge < -0.3 is 10.6 Å². The lowest BCUT2D eigenvalue weighted by Crippen LogP contribution is -2.49. The average Bonchev–Trinajstić information content (AvgIpc) is 2.81. The molecule has 2 rings (SSSR count). The van der Waals surface area contributed by atoms with E-state index >= 15 is 0 Å². The summed E-state index contributed by atoms with van der Waals surface area (Å²) in [6, 6.07) is 10.1. The number of carbonyl (C=O) groups excluding carboxylic acids is 2. The second-order valence-corrected chi connectivity index (χ2v) is 10.2. The number of carbonyl (C=O) groups is 2. The zero-order chi connectivity index (χ0) is 24.1. The van der Waals surface area contributed by atoms with Crippen LogP contribution in [-0.2, 0) is 16.0 Å². The molecule has 4 N–H and O–H groups in total. The molecular weight excluding hydrogens is 434 g/mol. The van der Waals surface area contributed by atoms with Gasteiger partial charge in [-0.2, -0.15) is 0 Å². The van der Waals surface area contributed by atoms with Crippen LogP contribution in [0.2, 0.25) is 0 Å². The highest BCUT2D eigenvalue weighted by atomic mass is 32.1. The Morgan fingerprint density at radius 3 is 2.45 bits per heavy atom. The Morgan fingerprint density at radius 2 is 1.82 bits per heavy atom. The smallest absolute Gasteiger partial charge is 0.244 e. The molecule has 0 radical (unpaired) electrons. The van der Waals surface area contributed by atoms with Gasteiger partial charge in [-0.3, -0.25) is 14.8 Å². The summed E-state index contributed by atoms with van der Waals surface area (Å²) in [6.07, 6.45) is 9.39. The van der Waals surface area contributed by atoms with Crippen molar-refractivity contribution in [2.24, 2.45) is 17.8 Å². The number of aryl methyl sites for hydroxylation is 1. The third-order valence-electron chi connectivity index (χ3n) is 6.39. The number of amides is 2. The van der Waals surface area contributed by atoms with Gasteiger partial charge in [0.25, 0.3) is 0 Å². The molecule has 0 heterocycles. The van der Waals surface area contributed by atoms with Crippen LogP contribution in [0.15, 0.2) is 30.3 Å². The third-order valence-corrected chi connectivity index (χ3v) is 6.82. The normalized spacial score (nSPS) is 16.1. The van der Waals surface area contributed by atoms with Crippen molar-refractivity contribution in [2.45, 2.75) is 84.1 Å². The fourth-order valence-corrected chi connectivity index (χ4v) is 4.93. The van der Waals surface area contributed by atoms with Crippen LogP contribution >= 0.6 is 12.2 Å². The van der Waals surface area contributed by atoms with Crippen LogP contribution in [0.4, 0.5) is 0 Å². The first-order chi connectivity index (χ1) is 15.9. The molecule has 1 aliphatic carbocycles. The molecule has 0 unspecified atom stereocenters. The molecule has 0 aliphatic heterocycles. The molecule has 1 aliphatic rings. The van der Waals surface area contributed by atoms with Crippen molar-refractivity contribution in [3.05, 3.63) is 35.9 Å². The third kappa shape index (κ3) is 10.7. The number of nitrogens with one attached hydrogen (secondary N) is 3. The van der Waals surface area contributed by atoms with Gasteiger partial charge in [-0.1, -0.05) is 88.5 Å². The molecule has 1 aromatic rings. The van der Waals surface area contributed by atoms with Gasteiger partial charge in [0.1, 0.15) is 0 Å². The fraction of sp³-hybridized carbons (Fsp3) is 0.654. The highest BCUT2D eigenvalue weighted by Crippen LogP contribution is 2.28. The number of thiocarbonyl (C=S) groups is 1. The SMILES string of the molecule is CC(C)C[C@H](CC(=O)NO)C(=O)N[C@@H](CC1CCCCC1)C(=S)NCCCc1ccccc1. The van der Waals surface area contributed by atoms with Crippen LogP contribution in [0.5, 0.6) is 0 Å². The summed E-state index contributed by atoms with van der Waals surface area (Å²) in [7, 11) is 0. The molecule has 1 saturated carbocycles. The molecule has 6 nitrogen and oxygen atoms in total. The minimum atomic E-state index is -0.541. The number of hydrogen-bond acceptors (Lipinski definition) is 4. The van der Waals surface area contributed by atoms with Crippen molar-refractivity contribution in [3.8, 4) is 0 Å². The van der Waals surface area contributed by atoms with Crippen molar-refractivity contribution in [3.63, 3.8) is 0 Å². The predicted octanol–water partition coefficient (Wildman–Crippen LogP) is 4.55. The molecular formula is C26H41N3O3S. The zero-order valence-corrected chi connectivity index (χ0v) is 21.0. The van der Waals surface area contributed by atoms with Gasteiger partial charge in [0, 0.05) is 18.9 Å². The summed E-state index contributed by atoms with van der Waals surface area (Å²) < 4.78 is 0. The van der Waals surface area contributed by atoms with Gasteiger partial charge >= 0.3 is 0 Å². The molecule has 0 saturated heterocycles. The van der Waals surface area contributed by atoms with E-state index in [1.807, 2.05) is 32.0 Å². The van der Waals surface area contributed by atoms with Crippen LogP contribution in [0.1, 0.15) is 77.2 Å². The summed E-state index contributed by atoms with van der Waals surface area (Å²) in [5, 5.41) is 15.5.